The highest BCUT2D eigenvalue weighted by atomic mass is 35.5. The van der Waals surface area contributed by atoms with E-state index in [-0.39, 0.29) is 29.0 Å². The highest BCUT2D eigenvalue weighted by Gasteiger charge is 2.70. The van der Waals surface area contributed by atoms with Gasteiger partial charge in [0.1, 0.15) is 0 Å². The maximum atomic E-state index is 13.1. The van der Waals surface area contributed by atoms with Gasteiger partial charge in [0, 0.05) is 0 Å². The number of esters is 1. The minimum absolute atomic E-state index is 0.124. The predicted molar refractivity (Wildman–Crippen MR) is 93.9 cm³/mol. The summed E-state index contributed by atoms with van der Waals surface area (Å²) >= 11 is 6.08. The van der Waals surface area contributed by atoms with E-state index >= 15 is 0 Å². The fourth-order valence-electron chi connectivity index (χ4n) is 4.30. The monoisotopic (exact) mass is 375 g/mol. The van der Waals surface area contributed by atoms with Crippen LogP contribution in [0.5, 0.6) is 0 Å². The van der Waals surface area contributed by atoms with E-state index in [1.807, 2.05) is 26.0 Å². The molecular formula is C19H18ClNO5. The molecule has 7 heteroatoms. The van der Waals surface area contributed by atoms with E-state index in [2.05, 4.69) is 0 Å². The second-order valence-electron chi connectivity index (χ2n) is 7.15. The van der Waals surface area contributed by atoms with Crippen LogP contribution in [0, 0.1) is 11.8 Å². The molecule has 0 N–H and O–H groups in total. The smallest absolute Gasteiger partial charge is 0.339 e. The first-order valence-electron chi connectivity index (χ1n) is 8.47. The molecule has 2 saturated heterocycles. The van der Waals surface area contributed by atoms with Crippen molar-refractivity contribution in [1.29, 1.82) is 0 Å². The maximum absolute atomic E-state index is 13.1. The minimum atomic E-state index is -0.794. The zero-order chi connectivity index (χ0) is 18.9. The van der Waals surface area contributed by atoms with Crippen molar-refractivity contribution in [2.45, 2.75) is 32.0 Å². The molecule has 26 heavy (non-hydrogen) atoms. The molecule has 0 aliphatic carbocycles. The molecule has 4 rings (SSSR count). The fourth-order valence-corrected chi connectivity index (χ4v) is 4.50. The summed E-state index contributed by atoms with van der Waals surface area (Å²) in [5.74, 6) is -2.40. The minimum Gasteiger partial charge on any atom is -0.462 e. The van der Waals surface area contributed by atoms with Crippen LogP contribution in [0.1, 0.15) is 31.1 Å². The highest BCUT2D eigenvalue weighted by molar-refractivity contribution is 6.34. The van der Waals surface area contributed by atoms with Crippen LogP contribution in [0.4, 0.5) is 5.69 Å². The van der Waals surface area contributed by atoms with E-state index in [1.54, 1.807) is 13.0 Å². The molecule has 2 amide bonds. The summed E-state index contributed by atoms with van der Waals surface area (Å²) < 4.78 is 11.0. The fraction of sp³-hybridized carbons (Fsp3) is 0.421. The van der Waals surface area contributed by atoms with E-state index in [1.165, 1.54) is 12.1 Å². The third-order valence-electron chi connectivity index (χ3n) is 5.43. The van der Waals surface area contributed by atoms with Crippen LogP contribution in [-0.2, 0) is 19.1 Å². The van der Waals surface area contributed by atoms with E-state index in [0.717, 1.165) is 4.90 Å². The lowest BCUT2D eigenvalue weighted by Gasteiger charge is -2.25. The van der Waals surface area contributed by atoms with E-state index in [4.69, 9.17) is 21.1 Å². The molecule has 136 valence electrons. The summed E-state index contributed by atoms with van der Waals surface area (Å²) in [4.78, 5) is 39.4. The number of nitrogens with zero attached hydrogens (tertiary/aromatic N) is 1. The van der Waals surface area contributed by atoms with Crippen molar-refractivity contribution in [3.05, 3.63) is 40.9 Å². The van der Waals surface area contributed by atoms with Gasteiger partial charge in [0.15, 0.2) is 0 Å². The lowest BCUT2D eigenvalue weighted by molar-refractivity contribution is -0.128. The Morgan fingerprint density at radius 1 is 1.19 bits per heavy atom. The quantitative estimate of drug-likeness (QED) is 0.461. The molecule has 1 aromatic rings. The standard InChI is InChI=1S/C19H18ClNO5/c1-4-25-17(24)11-9-10(5-6-12(11)20)21-15(22)13-14(16(21)23)19(3)8-7-18(13,2)26-19/h5-9,13-14H,4H2,1-3H3/t13-,14+,18-,19-/m1/s1. The summed E-state index contributed by atoms with van der Waals surface area (Å²) in [5.41, 5.74) is -1.15. The van der Waals surface area contributed by atoms with Crippen molar-refractivity contribution in [2.24, 2.45) is 11.8 Å². The van der Waals surface area contributed by atoms with E-state index in [9.17, 15) is 14.4 Å². The summed E-state index contributed by atoms with van der Waals surface area (Å²) in [6, 6.07) is 4.48. The van der Waals surface area contributed by atoms with Gasteiger partial charge in [0.2, 0.25) is 11.8 Å². The van der Waals surface area contributed by atoms with Crippen LogP contribution < -0.4 is 4.90 Å². The van der Waals surface area contributed by atoms with Gasteiger partial charge in [0.05, 0.1) is 45.9 Å². The Balaban J connectivity index is 1.75. The Morgan fingerprint density at radius 3 is 2.31 bits per heavy atom. The lowest BCUT2D eigenvalue weighted by Crippen LogP contribution is -2.39. The van der Waals surface area contributed by atoms with Gasteiger partial charge in [0.25, 0.3) is 0 Å². The third-order valence-corrected chi connectivity index (χ3v) is 5.76. The summed E-state index contributed by atoms with van der Waals surface area (Å²) in [7, 11) is 0. The van der Waals surface area contributed by atoms with Gasteiger partial charge in [-0.25, -0.2) is 9.69 Å². The third kappa shape index (κ3) is 2.12. The lowest BCUT2D eigenvalue weighted by atomic mass is 9.73. The number of fused-ring (bicyclic) bond motifs is 5. The summed E-state index contributed by atoms with van der Waals surface area (Å²) in [5, 5.41) is 0.204. The largest absolute Gasteiger partial charge is 0.462 e. The first-order valence-corrected chi connectivity index (χ1v) is 8.85. The zero-order valence-corrected chi connectivity index (χ0v) is 15.4. The topological polar surface area (TPSA) is 72.9 Å². The Labute approximate surface area is 155 Å². The molecule has 0 aromatic heterocycles. The second-order valence-corrected chi connectivity index (χ2v) is 7.56. The SMILES string of the molecule is CCOC(=O)c1cc(N2C(=O)[C@@H]3[C@H](C2=O)[C@@]2(C)C=C[C@@]3(C)O2)ccc1Cl. The molecule has 3 heterocycles. The molecule has 2 bridgehead atoms. The van der Waals surface area contributed by atoms with Crippen LogP contribution in [0.15, 0.2) is 30.4 Å². The van der Waals surface area contributed by atoms with Gasteiger partial charge in [-0.15, -0.1) is 0 Å². The van der Waals surface area contributed by atoms with Crippen molar-refractivity contribution >= 4 is 35.1 Å². The van der Waals surface area contributed by atoms with Crippen LogP contribution in [-0.4, -0.2) is 35.6 Å². The molecule has 2 fully saturated rings. The molecular weight excluding hydrogens is 358 g/mol. The highest BCUT2D eigenvalue weighted by Crippen LogP contribution is 2.57. The number of amides is 2. The van der Waals surface area contributed by atoms with Crippen molar-refractivity contribution in [3.8, 4) is 0 Å². The van der Waals surface area contributed by atoms with Crippen molar-refractivity contribution in [3.63, 3.8) is 0 Å². The van der Waals surface area contributed by atoms with Gasteiger partial charge < -0.3 is 9.47 Å². The van der Waals surface area contributed by atoms with Gasteiger partial charge in [-0.1, -0.05) is 23.8 Å². The Kier molecular flexibility index (Phi) is 3.59. The van der Waals surface area contributed by atoms with Gasteiger partial charge in [-0.3, -0.25) is 9.59 Å². The number of carbonyl (C=O) groups is 3. The van der Waals surface area contributed by atoms with Crippen LogP contribution in [0.25, 0.3) is 0 Å². The average Bonchev–Trinajstić information content (AvgIpc) is 3.13. The van der Waals surface area contributed by atoms with Gasteiger partial charge in [-0.2, -0.15) is 0 Å². The van der Waals surface area contributed by atoms with Crippen molar-refractivity contribution in [1.82, 2.24) is 0 Å². The molecule has 1 aromatic carbocycles. The molecule has 0 spiro atoms. The van der Waals surface area contributed by atoms with E-state index in [0.29, 0.717) is 5.69 Å². The zero-order valence-electron chi connectivity index (χ0n) is 14.6. The average molecular weight is 376 g/mol. The molecule has 4 atom stereocenters. The number of hydrogen-bond donors (Lipinski definition) is 0. The number of halogens is 1. The molecule has 3 aliphatic heterocycles. The number of benzene rings is 1. The van der Waals surface area contributed by atoms with E-state index < -0.39 is 29.0 Å². The number of anilines is 1. The predicted octanol–water partition coefficient (Wildman–Crippen LogP) is 2.74. The van der Waals surface area contributed by atoms with Crippen LogP contribution in [0.2, 0.25) is 5.02 Å². The van der Waals surface area contributed by atoms with Gasteiger partial charge in [-0.05, 0) is 39.0 Å². The van der Waals surface area contributed by atoms with Crippen LogP contribution >= 0.6 is 11.6 Å². The summed E-state index contributed by atoms with van der Waals surface area (Å²) in [6.45, 7) is 5.53. The molecule has 0 saturated carbocycles. The number of imide groups is 1. The van der Waals surface area contributed by atoms with Crippen molar-refractivity contribution < 1.29 is 23.9 Å². The number of carbonyl (C=O) groups excluding carboxylic acids is 3. The normalized spacial score (nSPS) is 34.5. The number of rotatable bonds is 3. The number of ether oxygens (including phenoxy) is 2. The Bertz CT molecular complexity index is 845. The first kappa shape index (κ1) is 17.2. The van der Waals surface area contributed by atoms with Gasteiger partial charge >= 0.3 is 5.97 Å². The maximum Gasteiger partial charge on any atom is 0.339 e. The Morgan fingerprint density at radius 2 is 1.77 bits per heavy atom. The second kappa shape index (κ2) is 5.41. The Hall–Kier alpha value is -2.18. The first-order chi connectivity index (χ1) is 12.2. The summed E-state index contributed by atoms with van der Waals surface area (Å²) in [6.07, 6.45) is 3.71. The van der Waals surface area contributed by atoms with Crippen molar-refractivity contribution in [2.75, 3.05) is 11.5 Å². The molecule has 0 unspecified atom stereocenters. The molecule has 6 nitrogen and oxygen atoms in total. The molecule has 3 aliphatic rings. The molecule has 0 radical (unpaired) electrons. The number of hydrogen-bond acceptors (Lipinski definition) is 5. The van der Waals surface area contributed by atoms with Crippen LogP contribution in [0.3, 0.4) is 0 Å².